The summed E-state index contributed by atoms with van der Waals surface area (Å²) >= 11 is 0. The first kappa shape index (κ1) is 25.1. The fourth-order valence-corrected chi connectivity index (χ4v) is 4.20. The second-order valence-electron chi connectivity index (χ2n) is 8.90. The molecular weight excluding hydrogens is 478 g/mol. The molecule has 1 saturated heterocycles. The van der Waals surface area contributed by atoms with E-state index in [1.54, 1.807) is 6.07 Å². The highest BCUT2D eigenvalue weighted by molar-refractivity contribution is 5.82. The Bertz CT molecular complexity index is 1110. The Labute approximate surface area is 197 Å². The molecule has 6 nitrogen and oxygen atoms in total. The number of hydrogen-bond donors (Lipinski definition) is 1. The molecule has 0 spiro atoms. The van der Waals surface area contributed by atoms with Crippen molar-refractivity contribution in [3.8, 4) is 5.75 Å². The summed E-state index contributed by atoms with van der Waals surface area (Å²) in [5.74, 6) is -1.42. The number of benzene rings is 1. The van der Waals surface area contributed by atoms with E-state index in [0.29, 0.717) is 24.3 Å². The van der Waals surface area contributed by atoms with Crippen molar-refractivity contribution in [2.24, 2.45) is 0 Å². The summed E-state index contributed by atoms with van der Waals surface area (Å²) in [5.41, 5.74) is 1.09. The van der Waals surface area contributed by atoms with Crippen molar-refractivity contribution in [3.63, 3.8) is 0 Å². The molecule has 0 atom stereocenters. The predicted molar refractivity (Wildman–Crippen MR) is 114 cm³/mol. The van der Waals surface area contributed by atoms with Crippen LogP contribution in [-0.4, -0.2) is 46.1 Å². The molecule has 1 aromatic heterocycles. The molecule has 1 N–H and O–H groups in total. The van der Waals surface area contributed by atoms with Gasteiger partial charge in [-0.05, 0) is 68.7 Å². The minimum Gasteiger partial charge on any atom is -0.488 e. The highest BCUT2D eigenvalue weighted by Gasteiger charge is 2.43. The van der Waals surface area contributed by atoms with Gasteiger partial charge in [0.25, 0.3) is 0 Å². The second kappa shape index (κ2) is 9.19. The lowest BCUT2D eigenvalue weighted by molar-refractivity contribution is -0.186. The van der Waals surface area contributed by atoms with E-state index in [2.05, 4.69) is 15.3 Å². The number of likely N-dealkylation sites (tertiary alicyclic amines) is 1. The van der Waals surface area contributed by atoms with Crippen molar-refractivity contribution in [3.05, 3.63) is 40.7 Å². The third-order valence-electron chi connectivity index (χ3n) is 6.18. The van der Waals surface area contributed by atoms with Crippen LogP contribution in [0.15, 0.2) is 18.3 Å². The van der Waals surface area contributed by atoms with Gasteiger partial charge in [-0.2, -0.15) is 26.3 Å². The summed E-state index contributed by atoms with van der Waals surface area (Å²) in [6.45, 7) is 3.09. The number of nitrogens with zero attached hydrogens (tertiary/aromatic N) is 3. The molecule has 2 fully saturated rings. The highest BCUT2D eigenvalue weighted by atomic mass is 19.4. The topological polar surface area (TPSA) is 67.4 Å². The smallest absolute Gasteiger partial charge is 0.471 e. The quantitative estimate of drug-likeness (QED) is 0.534. The number of alkyl halides is 6. The largest absolute Gasteiger partial charge is 0.488 e. The highest BCUT2D eigenvalue weighted by Crippen LogP contribution is 2.40. The predicted octanol–water partition coefficient (Wildman–Crippen LogP) is 5.67. The number of anilines is 2. The van der Waals surface area contributed by atoms with E-state index < -0.39 is 23.8 Å². The van der Waals surface area contributed by atoms with Crippen LogP contribution in [0.5, 0.6) is 5.75 Å². The minimum atomic E-state index is -4.89. The molecule has 0 unspecified atom stereocenters. The monoisotopic (exact) mass is 502 g/mol. The van der Waals surface area contributed by atoms with Crippen LogP contribution in [0.2, 0.25) is 0 Å². The first-order chi connectivity index (χ1) is 16.3. The fourth-order valence-electron chi connectivity index (χ4n) is 4.20. The van der Waals surface area contributed by atoms with Gasteiger partial charge in [0, 0.05) is 19.3 Å². The van der Waals surface area contributed by atoms with Crippen molar-refractivity contribution in [2.75, 3.05) is 18.4 Å². The first-order valence-electron chi connectivity index (χ1n) is 11.2. The zero-order valence-electron chi connectivity index (χ0n) is 19.1. The minimum absolute atomic E-state index is 0.0000617. The lowest BCUT2D eigenvalue weighted by Gasteiger charge is -2.33. The lowest BCUT2D eigenvalue weighted by atomic mass is 9.86. The van der Waals surface area contributed by atoms with Crippen molar-refractivity contribution < 1.29 is 35.9 Å². The van der Waals surface area contributed by atoms with Gasteiger partial charge < -0.3 is 15.0 Å². The average Bonchev–Trinajstić information content (AvgIpc) is 3.58. The molecule has 1 aliphatic carbocycles. The summed E-state index contributed by atoms with van der Waals surface area (Å²) in [4.78, 5) is 20.1. The number of hydrogen-bond acceptors (Lipinski definition) is 5. The number of ether oxygens (including phenoxy) is 1. The first-order valence-corrected chi connectivity index (χ1v) is 11.2. The van der Waals surface area contributed by atoms with Gasteiger partial charge in [-0.15, -0.1) is 0 Å². The van der Waals surface area contributed by atoms with Crippen LogP contribution in [0.25, 0.3) is 0 Å². The van der Waals surface area contributed by atoms with E-state index in [1.807, 2.05) is 13.0 Å². The van der Waals surface area contributed by atoms with E-state index in [-0.39, 0.29) is 36.8 Å². The maximum absolute atomic E-state index is 13.0. The molecule has 2 heterocycles. The van der Waals surface area contributed by atoms with Crippen molar-refractivity contribution >= 4 is 17.5 Å². The van der Waals surface area contributed by atoms with Crippen molar-refractivity contribution in [1.82, 2.24) is 14.9 Å². The molecule has 0 radical (unpaired) electrons. The zero-order valence-corrected chi connectivity index (χ0v) is 19.1. The van der Waals surface area contributed by atoms with Gasteiger partial charge in [0.2, 0.25) is 5.95 Å². The van der Waals surface area contributed by atoms with E-state index in [4.69, 9.17) is 4.74 Å². The molecule has 35 heavy (non-hydrogen) atoms. The van der Waals surface area contributed by atoms with Crippen LogP contribution in [0.1, 0.15) is 54.0 Å². The van der Waals surface area contributed by atoms with Gasteiger partial charge in [0.05, 0.1) is 23.0 Å². The standard InChI is InChI=1S/C23H24F6N4O2/c1-12-9-18(32-21-30-11-17(13(2)31-21)22(24,25)26)19(35-15-3-4-15)10-16(12)14-5-7-33(8-6-14)20(34)23(27,28)29/h9-11,14-15H,3-8H2,1-2H3,(H,30,31,32). The number of amides is 1. The summed E-state index contributed by atoms with van der Waals surface area (Å²) < 4.78 is 83.3. The maximum Gasteiger partial charge on any atom is 0.471 e. The molecule has 2 aliphatic rings. The molecule has 1 aliphatic heterocycles. The lowest BCUT2D eigenvalue weighted by Crippen LogP contribution is -2.45. The number of aryl methyl sites for hydroxylation is 2. The summed E-state index contributed by atoms with van der Waals surface area (Å²) in [6.07, 6.45) is -6.20. The molecule has 1 aromatic carbocycles. The van der Waals surface area contributed by atoms with Crippen LogP contribution in [0.3, 0.4) is 0 Å². The van der Waals surface area contributed by atoms with Gasteiger partial charge in [-0.3, -0.25) is 4.79 Å². The molecule has 0 bridgehead atoms. The summed E-state index contributed by atoms with van der Waals surface area (Å²) in [5, 5.41) is 2.94. The van der Waals surface area contributed by atoms with E-state index in [0.717, 1.165) is 35.1 Å². The number of piperidine rings is 1. The Morgan fingerprint density at radius 2 is 1.71 bits per heavy atom. The Balaban J connectivity index is 1.55. The summed E-state index contributed by atoms with van der Waals surface area (Å²) in [6, 6.07) is 3.59. The Kier molecular flexibility index (Phi) is 6.58. The SMILES string of the molecule is Cc1cc(Nc2ncc(C(F)(F)F)c(C)n2)c(OC2CC2)cc1C1CCN(C(=O)C(F)(F)F)CC1. The normalized spacial score (nSPS) is 17.4. The Morgan fingerprint density at radius 1 is 1.06 bits per heavy atom. The van der Waals surface area contributed by atoms with Crippen LogP contribution in [0.4, 0.5) is 38.0 Å². The molecule has 4 rings (SSSR count). The number of halogens is 6. The van der Waals surface area contributed by atoms with E-state index in [9.17, 15) is 31.1 Å². The van der Waals surface area contributed by atoms with E-state index >= 15 is 0 Å². The molecule has 190 valence electrons. The second-order valence-corrected chi connectivity index (χ2v) is 8.90. The third kappa shape index (κ3) is 5.79. The average molecular weight is 502 g/mol. The van der Waals surface area contributed by atoms with Gasteiger partial charge in [-0.1, -0.05) is 0 Å². The van der Waals surface area contributed by atoms with Crippen molar-refractivity contribution in [2.45, 2.75) is 63.9 Å². The third-order valence-corrected chi connectivity index (χ3v) is 6.18. The molecule has 2 aromatic rings. The molecule has 1 saturated carbocycles. The summed E-state index contributed by atoms with van der Waals surface area (Å²) in [7, 11) is 0. The number of rotatable bonds is 5. The number of nitrogens with one attached hydrogen (secondary N) is 1. The number of carbonyl (C=O) groups is 1. The zero-order chi connectivity index (χ0) is 25.5. The number of carbonyl (C=O) groups excluding carboxylic acids is 1. The molecular formula is C23H24F6N4O2. The van der Waals surface area contributed by atoms with Gasteiger partial charge in [0.1, 0.15) is 5.75 Å². The van der Waals surface area contributed by atoms with Crippen molar-refractivity contribution in [1.29, 1.82) is 0 Å². The Hall–Kier alpha value is -3.05. The molecule has 1 amide bonds. The van der Waals surface area contributed by atoms with Crippen LogP contribution >= 0.6 is 0 Å². The Morgan fingerprint density at radius 3 is 2.26 bits per heavy atom. The van der Waals surface area contributed by atoms with Gasteiger partial charge in [-0.25, -0.2) is 9.97 Å². The van der Waals surface area contributed by atoms with Crippen LogP contribution < -0.4 is 10.1 Å². The van der Waals surface area contributed by atoms with Crippen LogP contribution in [0, 0.1) is 13.8 Å². The van der Waals surface area contributed by atoms with Gasteiger partial charge >= 0.3 is 18.3 Å². The van der Waals surface area contributed by atoms with E-state index in [1.165, 1.54) is 6.92 Å². The maximum atomic E-state index is 13.0. The molecule has 12 heteroatoms. The van der Waals surface area contributed by atoms with Crippen LogP contribution in [-0.2, 0) is 11.0 Å². The fraction of sp³-hybridized carbons (Fsp3) is 0.522. The van der Waals surface area contributed by atoms with Gasteiger partial charge in [0.15, 0.2) is 0 Å². The number of aromatic nitrogens is 2.